The third-order valence-electron chi connectivity index (χ3n) is 3.08. The van der Waals surface area contributed by atoms with Crippen LogP contribution in [0.5, 0.6) is 0 Å². The largest absolute Gasteiger partial charge is 0.396 e. The van der Waals surface area contributed by atoms with Crippen LogP contribution >= 0.6 is 0 Å². The van der Waals surface area contributed by atoms with Crippen LogP contribution in [0.25, 0.3) is 0 Å². The van der Waals surface area contributed by atoms with Gasteiger partial charge in [0.05, 0.1) is 6.61 Å². The summed E-state index contributed by atoms with van der Waals surface area (Å²) in [4.78, 5) is 10.7. The van der Waals surface area contributed by atoms with Crippen LogP contribution in [0.1, 0.15) is 20.3 Å². The predicted octanol–water partition coefficient (Wildman–Crippen LogP) is 2.00. The number of aliphatic hydroxyl groups is 1. The number of amides is 2. The molecule has 0 bridgehead atoms. The highest BCUT2D eigenvalue weighted by Gasteiger charge is 2.20. The quantitative estimate of drug-likeness (QED) is 0.623. The first kappa shape index (κ1) is 14.3. The first-order valence-corrected chi connectivity index (χ1v) is 6.00. The van der Waals surface area contributed by atoms with E-state index in [4.69, 9.17) is 5.73 Å². The number of rotatable bonds is 6. The van der Waals surface area contributed by atoms with E-state index in [2.05, 4.69) is 10.6 Å². The van der Waals surface area contributed by atoms with Gasteiger partial charge >= 0.3 is 6.03 Å². The molecule has 1 aromatic carbocycles. The van der Waals surface area contributed by atoms with Crippen LogP contribution in [0.15, 0.2) is 24.3 Å². The molecule has 0 aliphatic rings. The summed E-state index contributed by atoms with van der Waals surface area (Å²) in [5.74, 6) is 0. The van der Waals surface area contributed by atoms with E-state index in [0.717, 1.165) is 12.1 Å². The maximum Gasteiger partial charge on any atom is 0.316 e. The fourth-order valence-electron chi connectivity index (χ4n) is 1.46. The van der Waals surface area contributed by atoms with E-state index in [-0.39, 0.29) is 12.0 Å². The van der Waals surface area contributed by atoms with E-state index in [0.29, 0.717) is 12.2 Å². The van der Waals surface area contributed by atoms with Gasteiger partial charge in [0.1, 0.15) is 0 Å². The Morgan fingerprint density at radius 3 is 2.67 bits per heavy atom. The topological polar surface area (TPSA) is 87.4 Å². The van der Waals surface area contributed by atoms with Gasteiger partial charge in [0.2, 0.25) is 0 Å². The summed E-state index contributed by atoms with van der Waals surface area (Å²) in [5, 5.41) is 15.1. The van der Waals surface area contributed by atoms with Crippen molar-refractivity contribution >= 4 is 17.4 Å². The second kappa shape index (κ2) is 6.26. The molecule has 5 heteroatoms. The summed E-state index contributed by atoms with van der Waals surface area (Å²) < 4.78 is 0. The number of nitrogens with two attached hydrogens (primary N) is 1. The van der Waals surface area contributed by atoms with Gasteiger partial charge in [-0.1, -0.05) is 19.9 Å². The Morgan fingerprint density at radius 2 is 2.11 bits per heavy atom. The Morgan fingerprint density at radius 1 is 1.44 bits per heavy atom. The standard InChI is InChI=1S/C13H21N3O2/c1-3-13(2,9-17)8-15-10-5-4-6-11(7-10)16-12(14)18/h4-7,15,17H,3,8-9H2,1-2H3,(H3,14,16,18). The van der Waals surface area contributed by atoms with Crippen LogP contribution in [0, 0.1) is 5.41 Å². The molecule has 0 radical (unpaired) electrons. The Hall–Kier alpha value is -1.75. The molecule has 0 aromatic heterocycles. The van der Waals surface area contributed by atoms with Crippen molar-refractivity contribution in [3.05, 3.63) is 24.3 Å². The molecule has 2 amide bonds. The van der Waals surface area contributed by atoms with Gasteiger partial charge in [0.15, 0.2) is 0 Å². The van der Waals surface area contributed by atoms with Gasteiger partial charge in [-0.3, -0.25) is 0 Å². The average Bonchev–Trinajstić information content (AvgIpc) is 2.36. The maximum absolute atomic E-state index is 10.7. The molecule has 0 saturated heterocycles. The van der Waals surface area contributed by atoms with Gasteiger partial charge in [-0.15, -0.1) is 0 Å². The van der Waals surface area contributed by atoms with Gasteiger partial charge in [0.25, 0.3) is 0 Å². The lowest BCUT2D eigenvalue weighted by atomic mass is 9.88. The Bertz CT molecular complexity index is 403. The van der Waals surface area contributed by atoms with Gasteiger partial charge in [-0.25, -0.2) is 4.79 Å². The molecule has 0 saturated carbocycles. The second-order valence-corrected chi connectivity index (χ2v) is 4.75. The molecule has 0 spiro atoms. The molecule has 5 N–H and O–H groups in total. The monoisotopic (exact) mass is 251 g/mol. The minimum atomic E-state index is -0.582. The molecule has 0 fully saturated rings. The normalized spacial score (nSPS) is 13.7. The minimum Gasteiger partial charge on any atom is -0.396 e. The number of urea groups is 1. The van der Waals surface area contributed by atoms with Crippen LogP contribution in [-0.2, 0) is 0 Å². The van der Waals surface area contributed by atoms with Crippen LogP contribution in [0.3, 0.4) is 0 Å². The molecule has 1 rings (SSSR count). The van der Waals surface area contributed by atoms with Crippen LogP contribution in [-0.4, -0.2) is 24.3 Å². The Labute approximate surface area is 107 Å². The maximum atomic E-state index is 10.7. The highest BCUT2D eigenvalue weighted by molar-refractivity contribution is 5.88. The zero-order valence-electron chi connectivity index (χ0n) is 10.9. The lowest BCUT2D eigenvalue weighted by molar-refractivity contribution is 0.149. The van der Waals surface area contributed by atoms with E-state index >= 15 is 0 Å². The number of carbonyl (C=O) groups is 1. The van der Waals surface area contributed by atoms with Gasteiger partial charge in [-0.2, -0.15) is 0 Å². The van der Waals surface area contributed by atoms with Crippen molar-refractivity contribution in [3.63, 3.8) is 0 Å². The minimum absolute atomic E-state index is 0.135. The van der Waals surface area contributed by atoms with Crippen molar-refractivity contribution in [2.45, 2.75) is 20.3 Å². The van der Waals surface area contributed by atoms with Crippen LogP contribution < -0.4 is 16.4 Å². The van der Waals surface area contributed by atoms with Gasteiger partial charge in [-0.05, 0) is 24.6 Å². The molecule has 0 aliphatic carbocycles. The Balaban J connectivity index is 2.65. The zero-order valence-corrected chi connectivity index (χ0v) is 10.9. The fourth-order valence-corrected chi connectivity index (χ4v) is 1.46. The molecule has 100 valence electrons. The predicted molar refractivity (Wildman–Crippen MR) is 73.6 cm³/mol. The molecule has 1 aromatic rings. The van der Waals surface area contributed by atoms with Crippen molar-refractivity contribution in [3.8, 4) is 0 Å². The van der Waals surface area contributed by atoms with E-state index in [1.54, 1.807) is 12.1 Å². The number of benzene rings is 1. The fraction of sp³-hybridized carbons (Fsp3) is 0.462. The van der Waals surface area contributed by atoms with E-state index in [9.17, 15) is 9.90 Å². The highest BCUT2D eigenvalue weighted by atomic mass is 16.3. The SMILES string of the molecule is CCC(C)(CO)CNc1cccc(NC(N)=O)c1. The number of hydrogen-bond donors (Lipinski definition) is 4. The van der Waals surface area contributed by atoms with Gasteiger partial charge in [0, 0.05) is 23.3 Å². The third-order valence-corrected chi connectivity index (χ3v) is 3.08. The molecule has 5 nitrogen and oxygen atoms in total. The van der Waals surface area contributed by atoms with Crippen molar-refractivity contribution in [2.24, 2.45) is 11.1 Å². The smallest absolute Gasteiger partial charge is 0.316 e. The molecule has 1 atom stereocenters. The van der Waals surface area contributed by atoms with Crippen molar-refractivity contribution < 1.29 is 9.90 Å². The summed E-state index contributed by atoms with van der Waals surface area (Å²) >= 11 is 0. The van der Waals surface area contributed by atoms with E-state index < -0.39 is 6.03 Å². The number of primary amides is 1. The Kier molecular flexibility index (Phi) is 4.97. The van der Waals surface area contributed by atoms with Crippen molar-refractivity contribution in [2.75, 3.05) is 23.8 Å². The number of nitrogens with one attached hydrogen (secondary N) is 2. The highest BCUT2D eigenvalue weighted by Crippen LogP contribution is 2.22. The average molecular weight is 251 g/mol. The molecule has 0 aliphatic heterocycles. The number of hydrogen-bond acceptors (Lipinski definition) is 3. The number of anilines is 2. The van der Waals surface area contributed by atoms with Crippen LogP contribution in [0.4, 0.5) is 16.2 Å². The third kappa shape index (κ3) is 4.25. The number of carbonyl (C=O) groups excluding carboxylic acids is 1. The molecule has 0 heterocycles. The summed E-state index contributed by atoms with van der Waals surface area (Å²) in [6, 6.07) is 6.72. The summed E-state index contributed by atoms with van der Waals surface area (Å²) in [7, 11) is 0. The second-order valence-electron chi connectivity index (χ2n) is 4.75. The van der Waals surface area contributed by atoms with Crippen molar-refractivity contribution in [1.82, 2.24) is 0 Å². The summed E-state index contributed by atoms with van der Waals surface area (Å²) in [6.45, 7) is 4.87. The van der Waals surface area contributed by atoms with Crippen molar-refractivity contribution in [1.29, 1.82) is 0 Å². The number of aliphatic hydroxyl groups excluding tert-OH is 1. The molecular weight excluding hydrogens is 230 g/mol. The van der Waals surface area contributed by atoms with E-state index in [1.165, 1.54) is 0 Å². The molecule has 18 heavy (non-hydrogen) atoms. The van der Waals surface area contributed by atoms with Gasteiger partial charge < -0.3 is 21.5 Å². The lowest BCUT2D eigenvalue weighted by Gasteiger charge is -2.26. The zero-order chi connectivity index (χ0) is 13.6. The lowest BCUT2D eigenvalue weighted by Crippen LogP contribution is -2.29. The van der Waals surface area contributed by atoms with E-state index in [1.807, 2.05) is 26.0 Å². The molecule has 1 unspecified atom stereocenters. The molecular formula is C13H21N3O2. The van der Waals surface area contributed by atoms with Crippen LogP contribution in [0.2, 0.25) is 0 Å². The summed E-state index contributed by atoms with van der Waals surface area (Å²) in [6.07, 6.45) is 0.885. The first-order chi connectivity index (χ1) is 8.49. The summed E-state index contributed by atoms with van der Waals surface area (Å²) in [5.41, 5.74) is 6.44. The first-order valence-electron chi connectivity index (χ1n) is 6.00.